The molecule has 0 aliphatic carbocycles. The number of hydrogen-bond acceptors (Lipinski definition) is 12. The molecule has 0 radical (unpaired) electrons. The van der Waals surface area contributed by atoms with Gasteiger partial charge in [0.25, 0.3) is 5.67 Å². The Balaban J connectivity index is 2.35. The second-order valence-corrected chi connectivity index (χ2v) is 16.4. The van der Waals surface area contributed by atoms with Gasteiger partial charge in [0.05, 0.1) is 23.9 Å². The van der Waals surface area contributed by atoms with Crippen molar-refractivity contribution < 1.29 is 57.2 Å². The molecule has 13 nitrogen and oxygen atoms in total. The molecule has 1 N–H and O–H groups in total. The quantitative estimate of drug-likeness (QED) is 0.182. The molecule has 0 aromatic heterocycles. The summed E-state index contributed by atoms with van der Waals surface area (Å²) in [5.74, 6) is -7.46. The summed E-state index contributed by atoms with van der Waals surface area (Å²) in [4.78, 5) is 72.9. The summed E-state index contributed by atoms with van der Waals surface area (Å²) >= 11 is 1.69. The van der Waals surface area contributed by atoms with E-state index in [0.29, 0.717) is 12.1 Å². The SMILES string of the molecule is CCC(=O)/N=C1\[C@H](C)C[C@@]2(C)OCC(=O)CC[C@H]([C@H]1C)[C@](C)(O)[C@@H](I)OC(=O)[C@@](C)(F)C(=O)[C@H](C)[C@H]2O[C@@H]1O[C@H](C)C[C@H](N(C)C)[C@H]1OC(C)=O. The Morgan fingerprint density at radius 1 is 1.10 bits per heavy atom. The number of carbonyl (C=O) groups is 5. The molecular weight excluding hydrogens is 782 g/mol. The summed E-state index contributed by atoms with van der Waals surface area (Å²) in [6, 6.07) is -0.375. The minimum atomic E-state index is -3.20. The molecule has 0 aromatic rings. The first-order chi connectivity index (χ1) is 23.5. The molecule has 3 saturated heterocycles. The third kappa shape index (κ3) is 9.80. The fraction of sp³-hybridized carbons (Fsp3) is 0.833. The number of fused-ring (bicyclic) bond motifs is 5. The number of rotatable bonds is 5. The van der Waals surface area contributed by atoms with Crippen molar-refractivity contribution >= 4 is 57.7 Å². The van der Waals surface area contributed by atoms with Crippen molar-refractivity contribution in [3.05, 3.63) is 0 Å². The monoisotopic (exact) mass is 838 g/mol. The Kier molecular flexibility index (Phi) is 14.5. The molecular formula is C36H56FIN2O11. The second kappa shape index (κ2) is 17.0. The fourth-order valence-electron chi connectivity index (χ4n) is 7.79. The highest BCUT2D eigenvalue weighted by Crippen LogP contribution is 2.43. The van der Waals surface area contributed by atoms with E-state index in [2.05, 4.69) is 4.99 Å². The number of likely N-dealkylation sites (N-methyl/N-ethyl adjacent to an activating group) is 1. The fourth-order valence-corrected chi connectivity index (χ4v) is 8.49. The molecule has 0 unspecified atom stereocenters. The van der Waals surface area contributed by atoms with E-state index >= 15 is 4.39 Å². The van der Waals surface area contributed by atoms with E-state index in [-0.39, 0.29) is 37.5 Å². The zero-order valence-corrected chi connectivity index (χ0v) is 33.9. The van der Waals surface area contributed by atoms with Crippen LogP contribution in [0.5, 0.6) is 0 Å². The lowest BCUT2D eigenvalue weighted by atomic mass is 9.70. The summed E-state index contributed by atoms with van der Waals surface area (Å²) in [7, 11) is 3.63. The summed E-state index contributed by atoms with van der Waals surface area (Å²) in [6.07, 6.45) is -3.43. The van der Waals surface area contributed by atoms with Gasteiger partial charge in [-0.1, -0.05) is 27.7 Å². The lowest BCUT2D eigenvalue weighted by Crippen LogP contribution is -2.61. The van der Waals surface area contributed by atoms with Gasteiger partial charge in [-0.3, -0.25) is 19.2 Å². The van der Waals surface area contributed by atoms with Crippen LogP contribution in [-0.4, -0.2) is 117 Å². The van der Waals surface area contributed by atoms with Gasteiger partial charge in [0, 0.05) is 43.2 Å². The van der Waals surface area contributed by atoms with Gasteiger partial charge < -0.3 is 33.7 Å². The van der Waals surface area contributed by atoms with E-state index in [9.17, 15) is 29.1 Å². The predicted octanol–water partition coefficient (Wildman–Crippen LogP) is 4.17. The van der Waals surface area contributed by atoms with Gasteiger partial charge >= 0.3 is 11.9 Å². The van der Waals surface area contributed by atoms with Crippen LogP contribution in [0.15, 0.2) is 4.99 Å². The summed E-state index contributed by atoms with van der Waals surface area (Å²) in [5, 5.41) is 12.0. The van der Waals surface area contributed by atoms with E-state index in [1.54, 1.807) is 43.4 Å². The minimum absolute atomic E-state index is 0.0102. The number of esters is 2. The highest BCUT2D eigenvalue weighted by atomic mass is 127. The zero-order valence-electron chi connectivity index (χ0n) is 31.7. The number of ether oxygens (including phenoxy) is 5. The van der Waals surface area contributed by atoms with Crippen LogP contribution in [-0.2, 0) is 47.7 Å². The number of halogens is 2. The Labute approximate surface area is 314 Å². The molecule has 290 valence electrons. The van der Waals surface area contributed by atoms with Crippen LogP contribution < -0.4 is 0 Å². The van der Waals surface area contributed by atoms with Crippen molar-refractivity contribution in [1.82, 2.24) is 4.90 Å². The highest BCUT2D eigenvalue weighted by Gasteiger charge is 2.56. The van der Waals surface area contributed by atoms with Crippen molar-refractivity contribution in [2.45, 2.75) is 146 Å². The number of aliphatic imine (C=N–C) groups is 1. The van der Waals surface area contributed by atoms with Gasteiger partial charge in [0.2, 0.25) is 5.91 Å². The Morgan fingerprint density at radius 3 is 2.29 bits per heavy atom. The predicted molar refractivity (Wildman–Crippen MR) is 193 cm³/mol. The van der Waals surface area contributed by atoms with E-state index < -0.39 is 99.5 Å². The highest BCUT2D eigenvalue weighted by molar-refractivity contribution is 14.1. The molecule has 0 saturated carbocycles. The van der Waals surface area contributed by atoms with Crippen LogP contribution in [0.1, 0.15) is 94.4 Å². The Morgan fingerprint density at radius 2 is 1.73 bits per heavy atom. The van der Waals surface area contributed by atoms with Crippen LogP contribution in [0.4, 0.5) is 4.39 Å². The van der Waals surface area contributed by atoms with Crippen molar-refractivity contribution in [3.63, 3.8) is 0 Å². The molecule has 3 fully saturated rings. The first-order valence-corrected chi connectivity index (χ1v) is 18.9. The lowest BCUT2D eigenvalue weighted by Gasteiger charge is -2.48. The van der Waals surface area contributed by atoms with Crippen molar-refractivity contribution in [2.75, 3.05) is 20.7 Å². The Hall–Kier alpha value is -1.92. The standard InChI is InChI=1S/C36H56FIN2O11/c1-12-26(43)39-27-18(2)16-34(7)30(50-31-28(49-22(6)41)25(40(10)11)15-19(3)48-31)21(5)29(44)35(8,37)33(45)51-32(38)36(9,46)24(20(27)4)14-13-23(42)17-47-34/h18-21,24-25,28,30-32,46H,12-17H2,1-11H3/b39-27+/t18-,19-,20-,21+,24-,25+,28-,30-,31+,32+,34-,35+,36+/m1/s1. The topological polar surface area (TPSA) is 167 Å². The van der Waals surface area contributed by atoms with E-state index in [0.717, 1.165) is 6.92 Å². The largest absolute Gasteiger partial charge is 0.455 e. The number of nitrogens with zero attached hydrogens (tertiary/aromatic N) is 2. The normalized spacial score (nSPS) is 42.8. The van der Waals surface area contributed by atoms with Crippen LogP contribution in [0.2, 0.25) is 0 Å². The number of hydrogen-bond donors (Lipinski definition) is 1. The van der Waals surface area contributed by atoms with Crippen molar-refractivity contribution in [3.8, 4) is 0 Å². The van der Waals surface area contributed by atoms with Gasteiger partial charge in [-0.05, 0) is 89.6 Å². The Bertz CT molecular complexity index is 1360. The number of ketones is 2. The molecule has 51 heavy (non-hydrogen) atoms. The summed E-state index contributed by atoms with van der Waals surface area (Å²) < 4.78 is 45.8. The van der Waals surface area contributed by atoms with Crippen molar-refractivity contribution in [1.29, 1.82) is 0 Å². The molecule has 0 spiro atoms. The van der Waals surface area contributed by atoms with Crippen molar-refractivity contribution in [2.24, 2.45) is 28.7 Å². The smallest absolute Gasteiger partial charge is 0.352 e. The van der Waals surface area contributed by atoms with Gasteiger partial charge in [-0.15, -0.1) is 0 Å². The zero-order chi connectivity index (χ0) is 38.8. The summed E-state index contributed by atoms with van der Waals surface area (Å²) in [6.45, 7) is 13.2. The average Bonchev–Trinajstić information content (AvgIpc) is 3.04. The van der Waals surface area contributed by atoms with Gasteiger partial charge in [-0.2, -0.15) is 0 Å². The third-order valence-corrected chi connectivity index (χ3v) is 12.2. The average molecular weight is 839 g/mol. The number of Topliss-reactive ketones (excluding diaryl/α,β-unsaturated/α-hetero) is 2. The first-order valence-electron chi connectivity index (χ1n) is 17.7. The molecule has 13 atom stereocenters. The minimum Gasteiger partial charge on any atom is -0.455 e. The maximum absolute atomic E-state index is 16.6. The van der Waals surface area contributed by atoms with Crippen LogP contribution in [0.25, 0.3) is 0 Å². The number of alkyl halides is 2. The van der Waals surface area contributed by atoms with E-state index in [1.165, 1.54) is 20.8 Å². The maximum atomic E-state index is 16.6. The first kappa shape index (κ1) is 43.5. The van der Waals surface area contributed by atoms with E-state index in [1.807, 2.05) is 32.8 Å². The van der Waals surface area contributed by atoms with Gasteiger partial charge in [0.1, 0.15) is 12.2 Å². The van der Waals surface area contributed by atoms with Crippen LogP contribution >= 0.6 is 22.6 Å². The number of cyclic esters (lactones) is 1. The third-order valence-electron chi connectivity index (χ3n) is 10.7. The van der Waals surface area contributed by atoms with Crippen LogP contribution in [0, 0.1) is 23.7 Å². The molecule has 3 heterocycles. The second-order valence-electron chi connectivity index (χ2n) is 15.3. The van der Waals surface area contributed by atoms with Crippen LogP contribution in [0.3, 0.4) is 0 Å². The number of amides is 1. The van der Waals surface area contributed by atoms with Gasteiger partial charge in [0.15, 0.2) is 28.1 Å². The molecule has 15 heteroatoms. The van der Waals surface area contributed by atoms with Gasteiger partial charge in [-0.25, -0.2) is 14.2 Å². The maximum Gasteiger partial charge on any atom is 0.352 e. The number of carbonyl (C=O) groups excluding carboxylic acids is 5. The van der Waals surface area contributed by atoms with E-state index in [4.69, 9.17) is 23.7 Å². The molecule has 3 aliphatic heterocycles. The molecule has 3 aliphatic rings. The summed E-state index contributed by atoms with van der Waals surface area (Å²) in [5.41, 5.74) is -6.22. The molecule has 3 rings (SSSR count). The molecule has 0 aromatic carbocycles. The molecule has 2 bridgehead atoms. The molecule has 1 amide bonds. The number of aliphatic hydroxyl groups is 1. The lowest BCUT2D eigenvalue weighted by molar-refractivity contribution is -0.299.